The molecule has 2 aliphatic heterocycles. The fraction of sp³-hybridized carbons (Fsp3) is 0.741. The van der Waals surface area contributed by atoms with Crippen LogP contribution < -0.4 is 0 Å². The predicted octanol–water partition coefficient (Wildman–Crippen LogP) is 2.38. The average molecular weight is 507 g/mol. The van der Waals surface area contributed by atoms with Crippen molar-refractivity contribution in [3.05, 3.63) is 23.3 Å². The summed E-state index contributed by atoms with van der Waals surface area (Å²) in [4.78, 5) is 36.6. The molecule has 36 heavy (non-hydrogen) atoms. The van der Waals surface area contributed by atoms with E-state index in [9.17, 15) is 24.6 Å². The summed E-state index contributed by atoms with van der Waals surface area (Å²) in [6, 6.07) is 0. The predicted molar refractivity (Wildman–Crippen MR) is 127 cm³/mol. The molecule has 2 saturated carbocycles. The number of carbonyl (C=O) groups is 3. The molecule has 0 aromatic heterocycles. The van der Waals surface area contributed by atoms with E-state index in [0.717, 1.165) is 6.42 Å². The first-order valence-corrected chi connectivity index (χ1v) is 12.7. The molecule has 3 fully saturated rings. The monoisotopic (exact) mass is 506 g/mol. The quantitative estimate of drug-likeness (QED) is 0.231. The van der Waals surface area contributed by atoms with Crippen molar-refractivity contribution in [1.82, 2.24) is 0 Å². The number of aliphatic hydroxyl groups is 2. The molecule has 200 valence electrons. The number of aliphatic hydroxyl groups excluding tert-OH is 1. The van der Waals surface area contributed by atoms with Crippen molar-refractivity contribution in [3.8, 4) is 0 Å². The van der Waals surface area contributed by atoms with Gasteiger partial charge in [0.15, 0.2) is 0 Å². The van der Waals surface area contributed by atoms with Gasteiger partial charge >= 0.3 is 17.9 Å². The minimum atomic E-state index is -1.46. The Bertz CT molecular complexity index is 991. The van der Waals surface area contributed by atoms with Gasteiger partial charge in [0.1, 0.15) is 24.9 Å². The molecule has 0 bridgehead atoms. The van der Waals surface area contributed by atoms with Crippen LogP contribution in [0.1, 0.15) is 66.7 Å². The van der Waals surface area contributed by atoms with Crippen LogP contribution in [-0.4, -0.2) is 71.4 Å². The highest BCUT2D eigenvalue weighted by Crippen LogP contribution is 2.70. The fourth-order valence-corrected chi connectivity index (χ4v) is 7.01. The summed E-state index contributed by atoms with van der Waals surface area (Å²) >= 11 is 0. The summed E-state index contributed by atoms with van der Waals surface area (Å²) in [5.74, 6) is -1.83. The van der Waals surface area contributed by atoms with Gasteiger partial charge in [-0.25, -0.2) is 9.59 Å². The Morgan fingerprint density at radius 3 is 2.56 bits per heavy atom. The maximum atomic E-state index is 13.0. The number of carbonyl (C=O) groups excluding carboxylic acids is 3. The first-order chi connectivity index (χ1) is 16.8. The van der Waals surface area contributed by atoms with E-state index in [2.05, 4.69) is 0 Å². The van der Waals surface area contributed by atoms with Crippen molar-refractivity contribution >= 4 is 17.9 Å². The van der Waals surface area contributed by atoms with Gasteiger partial charge in [0, 0.05) is 30.4 Å². The van der Waals surface area contributed by atoms with Gasteiger partial charge in [-0.3, -0.25) is 4.79 Å². The zero-order chi connectivity index (χ0) is 26.5. The third-order valence-electron chi connectivity index (χ3n) is 9.47. The number of rotatable bonds is 7. The lowest BCUT2D eigenvalue weighted by molar-refractivity contribution is -0.286. The molecule has 0 aromatic rings. The topological polar surface area (TPSA) is 132 Å². The van der Waals surface area contributed by atoms with Crippen LogP contribution in [0.4, 0.5) is 0 Å². The second kappa shape index (κ2) is 9.26. The van der Waals surface area contributed by atoms with Gasteiger partial charge in [0.05, 0.1) is 23.7 Å². The lowest BCUT2D eigenvalue weighted by atomic mass is 9.41. The van der Waals surface area contributed by atoms with E-state index in [-0.39, 0.29) is 26.1 Å². The molecule has 0 radical (unpaired) electrons. The van der Waals surface area contributed by atoms with Gasteiger partial charge in [-0.15, -0.1) is 0 Å². The molecule has 7 unspecified atom stereocenters. The summed E-state index contributed by atoms with van der Waals surface area (Å²) in [5.41, 5.74) is -3.12. The standard InChI is InChI=1S/C27H38O9/c1-6-16(2)23(31)36-21-12-24(4,32)25(5,20(29)10-18-11-22(30)33-13-18)19-8-7-9-26(14-35-26)27(19,21)15-34-17(3)28/h6,11,19-21,29,32H,7-10,12-15H2,1-5H3. The third kappa shape index (κ3) is 4.09. The number of allylic oxidation sites excluding steroid dienone is 1. The highest BCUT2D eigenvalue weighted by atomic mass is 16.6. The summed E-state index contributed by atoms with van der Waals surface area (Å²) in [5, 5.41) is 23.7. The van der Waals surface area contributed by atoms with Gasteiger partial charge in [0.2, 0.25) is 0 Å². The first-order valence-electron chi connectivity index (χ1n) is 12.7. The zero-order valence-corrected chi connectivity index (χ0v) is 21.8. The molecule has 1 spiro atoms. The van der Waals surface area contributed by atoms with E-state index in [1.54, 1.807) is 26.8 Å². The van der Waals surface area contributed by atoms with Gasteiger partial charge in [-0.1, -0.05) is 19.4 Å². The molecule has 2 N–H and O–H groups in total. The maximum absolute atomic E-state index is 13.0. The number of hydrogen-bond acceptors (Lipinski definition) is 9. The maximum Gasteiger partial charge on any atom is 0.333 e. The molecule has 2 aliphatic carbocycles. The van der Waals surface area contributed by atoms with Gasteiger partial charge < -0.3 is 29.2 Å². The highest BCUT2D eigenvalue weighted by molar-refractivity contribution is 5.87. The number of hydrogen-bond donors (Lipinski definition) is 2. The number of fused-ring (bicyclic) bond motifs is 2. The molecule has 4 aliphatic rings. The van der Waals surface area contributed by atoms with Crippen molar-refractivity contribution < 1.29 is 43.5 Å². The van der Waals surface area contributed by atoms with Crippen LogP contribution in [0.3, 0.4) is 0 Å². The summed E-state index contributed by atoms with van der Waals surface area (Å²) in [6.07, 6.45) is 3.46. The Morgan fingerprint density at radius 1 is 1.31 bits per heavy atom. The summed E-state index contributed by atoms with van der Waals surface area (Å²) in [6.45, 7) is 8.72. The molecule has 7 atom stereocenters. The summed E-state index contributed by atoms with van der Waals surface area (Å²) < 4.78 is 22.8. The Kier molecular flexibility index (Phi) is 6.90. The SMILES string of the molecule is CC=C(C)C(=O)OC1CC(C)(O)C(C)(C(O)CC2=CC(=O)OC2)C2CCCC3(CO3)C12COC(C)=O. The van der Waals surface area contributed by atoms with E-state index in [1.807, 2.05) is 6.92 Å². The van der Waals surface area contributed by atoms with Crippen LogP contribution in [0.2, 0.25) is 0 Å². The van der Waals surface area contributed by atoms with E-state index in [1.165, 1.54) is 13.0 Å². The van der Waals surface area contributed by atoms with Gasteiger partial charge in [0.25, 0.3) is 0 Å². The Balaban J connectivity index is 1.82. The minimum Gasteiger partial charge on any atom is -0.465 e. The molecular weight excluding hydrogens is 468 g/mol. The van der Waals surface area contributed by atoms with Gasteiger partial charge in [-0.2, -0.15) is 0 Å². The van der Waals surface area contributed by atoms with E-state index >= 15 is 0 Å². The van der Waals surface area contributed by atoms with Crippen LogP contribution in [0.5, 0.6) is 0 Å². The molecule has 2 heterocycles. The molecule has 1 saturated heterocycles. The molecule has 9 heteroatoms. The van der Waals surface area contributed by atoms with Crippen LogP contribution >= 0.6 is 0 Å². The van der Waals surface area contributed by atoms with Crippen molar-refractivity contribution in [2.45, 2.75) is 90.1 Å². The Morgan fingerprint density at radius 2 is 2.00 bits per heavy atom. The number of ether oxygens (including phenoxy) is 4. The van der Waals surface area contributed by atoms with Crippen molar-refractivity contribution in [3.63, 3.8) is 0 Å². The zero-order valence-electron chi connectivity index (χ0n) is 21.8. The van der Waals surface area contributed by atoms with Crippen molar-refractivity contribution in [1.29, 1.82) is 0 Å². The molecule has 0 aromatic carbocycles. The molecule has 4 rings (SSSR count). The van der Waals surface area contributed by atoms with Gasteiger partial charge in [-0.05, 0) is 51.5 Å². The van der Waals surface area contributed by atoms with Crippen molar-refractivity contribution in [2.75, 3.05) is 19.8 Å². The number of epoxide rings is 1. The minimum absolute atomic E-state index is 0.0284. The van der Waals surface area contributed by atoms with Crippen LogP contribution in [0.15, 0.2) is 23.3 Å². The van der Waals surface area contributed by atoms with Crippen molar-refractivity contribution in [2.24, 2.45) is 16.7 Å². The van der Waals surface area contributed by atoms with E-state index < -0.39 is 58.1 Å². The second-order valence-electron chi connectivity index (χ2n) is 11.3. The van der Waals surface area contributed by atoms with Crippen LogP contribution in [0.25, 0.3) is 0 Å². The second-order valence-corrected chi connectivity index (χ2v) is 11.3. The smallest absolute Gasteiger partial charge is 0.333 e. The largest absolute Gasteiger partial charge is 0.465 e. The van der Waals surface area contributed by atoms with Crippen LogP contribution in [0, 0.1) is 16.7 Å². The third-order valence-corrected chi connectivity index (χ3v) is 9.47. The fourth-order valence-electron chi connectivity index (χ4n) is 7.01. The van der Waals surface area contributed by atoms with E-state index in [4.69, 9.17) is 18.9 Å². The number of cyclic esters (lactones) is 1. The Hall–Kier alpha value is -2.23. The molecule has 0 amide bonds. The van der Waals surface area contributed by atoms with E-state index in [0.29, 0.717) is 30.6 Å². The average Bonchev–Trinajstić information content (AvgIpc) is 3.47. The molecule has 9 nitrogen and oxygen atoms in total. The van der Waals surface area contributed by atoms with Crippen LogP contribution in [-0.2, 0) is 33.3 Å². The summed E-state index contributed by atoms with van der Waals surface area (Å²) in [7, 11) is 0. The number of esters is 3. The first kappa shape index (κ1) is 26.8. The lowest BCUT2D eigenvalue weighted by Crippen LogP contribution is -2.74. The highest BCUT2D eigenvalue weighted by Gasteiger charge is 2.78. The Labute approximate surface area is 211 Å². The normalized spacial score (nSPS) is 40.7. The molecular formula is C27H38O9. The lowest BCUT2D eigenvalue weighted by Gasteiger charge is -2.66.